The molecule has 2 aromatic rings. The van der Waals surface area contributed by atoms with Crippen LogP contribution in [0.15, 0.2) is 35.9 Å². The van der Waals surface area contributed by atoms with Gasteiger partial charge in [-0.25, -0.2) is 4.79 Å². The van der Waals surface area contributed by atoms with E-state index < -0.39 is 11.8 Å². The Bertz CT molecular complexity index is 1050. The number of thiocarbonyl (C=S) groups is 1. The molecule has 1 saturated heterocycles. The molecule has 1 aliphatic rings. The van der Waals surface area contributed by atoms with Gasteiger partial charge in [-0.3, -0.25) is 19.8 Å². The van der Waals surface area contributed by atoms with E-state index in [1.807, 2.05) is 36.6 Å². The fraction of sp³-hybridized carbons (Fsp3) is 0.238. The predicted octanol–water partition coefficient (Wildman–Crippen LogP) is 2.53. The number of amides is 2. The van der Waals surface area contributed by atoms with Crippen LogP contribution in [-0.2, 0) is 14.3 Å². The summed E-state index contributed by atoms with van der Waals surface area (Å²) in [6.45, 7) is 5.91. The Morgan fingerprint density at radius 1 is 1.21 bits per heavy atom. The first-order chi connectivity index (χ1) is 13.7. The number of rotatable bonds is 4. The fourth-order valence-electron chi connectivity index (χ4n) is 3.19. The average molecular weight is 411 g/mol. The van der Waals surface area contributed by atoms with Gasteiger partial charge in [-0.1, -0.05) is 0 Å². The number of nitrogens with zero attached hydrogens (tertiary/aromatic N) is 2. The standard InChI is InChI=1S/C21H21N3O4S/c1-5-28-20(27)14-6-8-16(9-7-14)24-12(2)10-15(13(24)3)11-17-18(25)22-21(29)23(4)19(17)26/h6-11H,5H2,1-4H3,(H,22,25,29)/b17-11+. The number of carbonyl (C=O) groups excluding carboxylic acids is 3. The summed E-state index contributed by atoms with van der Waals surface area (Å²) in [4.78, 5) is 37.7. The van der Waals surface area contributed by atoms with E-state index in [1.165, 1.54) is 11.9 Å². The number of aryl methyl sites for hydroxylation is 1. The highest BCUT2D eigenvalue weighted by Crippen LogP contribution is 2.24. The molecule has 1 aromatic carbocycles. The third-order valence-corrected chi connectivity index (χ3v) is 5.09. The number of esters is 1. The number of hydrogen-bond acceptors (Lipinski definition) is 5. The van der Waals surface area contributed by atoms with Gasteiger partial charge in [0, 0.05) is 24.1 Å². The Labute approximate surface area is 173 Å². The normalized spacial score (nSPS) is 15.7. The van der Waals surface area contributed by atoms with Crippen LogP contribution in [0.25, 0.3) is 11.8 Å². The van der Waals surface area contributed by atoms with E-state index in [0.29, 0.717) is 12.2 Å². The van der Waals surface area contributed by atoms with Crippen molar-refractivity contribution in [2.45, 2.75) is 20.8 Å². The number of benzene rings is 1. The first-order valence-electron chi connectivity index (χ1n) is 9.06. The molecule has 0 unspecified atom stereocenters. The zero-order valence-corrected chi connectivity index (χ0v) is 17.4. The van der Waals surface area contributed by atoms with Crippen molar-refractivity contribution in [3.63, 3.8) is 0 Å². The molecule has 0 aliphatic carbocycles. The number of hydrogen-bond donors (Lipinski definition) is 1. The lowest BCUT2D eigenvalue weighted by atomic mass is 10.1. The van der Waals surface area contributed by atoms with Gasteiger partial charge in [0.05, 0.1) is 12.2 Å². The number of likely N-dealkylation sites (N-methyl/N-ethyl adjacent to an activating group) is 1. The van der Waals surface area contributed by atoms with Crippen molar-refractivity contribution in [1.82, 2.24) is 14.8 Å². The number of carbonyl (C=O) groups is 3. The SMILES string of the molecule is CCOC(=O)c1ccc(-n2c(C)cc(/C=C3\C(=O)NC(=S)N(C)C3=O)c2C)cc1. The summed E-state index contributed by atoms with van der Waals surface area (Å²) in [5.41, 5.74) is 3.89. The summed E-state index contributed by atoms with van der Waals surface area (Å²) in [6.07, 6.45) is 1.57. The van der Waals surface area contributed by atoms with Crippen LogP contribution in [0.4, 0.5) is 0 Å². The molecule has 1 aromatic heterocycles. The zero-order valence-electron chi connectivity index (χ0n) is 16.6. The lowest BCUT2D eigenvalue weighted by molar-refractivity contribution is -0.128. The Balaban J connectivity index is 1.97. The summed E-state index contributed by atoms with van der Waals surface area (Å²) >= 11 is 4.97. The largest absolute Gasteiger partial charge is 0.462 e. The highest BCUT2D eigenvalue weighted by atomic mass is 32.1. The number of nitrogens with one attached hydrogen (secondary N) is 1. The Hall–Kier alpha value is -3.26. The second kappa shape index (κ2) is 8.00. The van der Waals surface area contributed by atoms with E-state index in [1.54, 1.807) is 25.1 Å². The molecule has 0 saturated carbocycles. The summed E-state index contributed by atoms with van der Waals surface area (Å²) < 4.78 is 7.00. The Morgan fingerprint density at radius 3 is 2.48 bits per heavy atom. The second-order valence-corrected chi connectivity index (χ2v) is 7.00. The molecule has 0 radical (unpaired) electrons. The van der Waals surface area contributed by atoms with Gasteiger partial charge in [0.1, 0.15) is 5.57 Å². The van der Waals surface area contributed by atoms with E-state index in [0.717, 1.165) is 22.6 Å². The minimum atomic E-state index is -0.512. The molecule has 8 heteroatoms. The quantitative estimate of drug-likeness (QED) is 0.362. The van der Waals surface area contributed by atoms with Gasteiger partial charge < -0.3 is 9.30 Å². The molecule has 2 amide bonds. The zero-order chi connectivity index (χ0) is 21.3. The van der Waals surface area contributed by atoms with Crippen LogP contribution in [0.2, 0.25) is 0 Å². The van der Waals surface area contributed by atoms with Crippen molar-refractivity contribution < 1.29 is 19.1 Å². The van der Waals surface area contributed by atoms with Gasteiger partial charge in [0.15, 0.2) is 5.11 Å². The molecule has 0 atom stereocenters. The summed E-state index contributed by atoms with van der Waals surface area (Å²) in [6, 6.07) is 8.97. The maximum absolute atomic E-state index is 12.4. The highest BCUT2D eigenvalue weighted by Gasteiger charge is 2.31. The molecule has 0 spiro atoms. The van der Waals surface area contributed by atoms with E-state index in [4.69, 9.17) is 17.0 Å². The van der Waals surface area contributed by atoms with Gasteiger partial charge in [0.2, 0.25) is 0 Å². The molecule has 2 heterocycles. The smallest absolute Gasteiger partial charge is 0.338 e. The number of aromatic nitrogens is 1. The van der Waals surface area contributed by atoms with Gasteiger partial charge >= 0.3 is 5.97 Å². The van der Waals surface area contributed by atoms with Crippen molar-refractivity contribution in [2.75, 3.05) is 13.7 Å². The van der Waals surface area contributed by atoms with Crippen LogP contribution in [0, 0.1) is 13.8 Å². The molecule has 7 nitrogen and oxygen atoms in total. The molecule has 3 rings (SSSR count). The summed E-state index contributed by atoms with van der Waals surface area (Å²) in [5.74, 6) is -1.32. The molecule has 1 aliphatic heterocycles. The van der Waals surface area contributed by atoms with Crippen molar-refractivity contribution in [1.29, 1.82) is 0 Å². The number of ether oxygens (including phenoxy) is 1. The second-order valence-electron chi connectivity index (χ2n) is 6.61. The third kappa shape index (κ3) is 3.84. The summed E-state index contributed by atoms with van der Waals surface area (Å²) in [7, 11) is 1.52. The third-order valence-electron chi connectivity index (χ3n) is 4.71. The van der Waals surface area contributed by atoms with Crippen molar-refractivity contribution in [3.8, 4) is 5.69 Å². The maximum atomic E-state index is 12.4. The molecular weight excluding hydrogens is 390 g/mol. The molecule has 150 valence electrons. The molecular formula is C21H21N3O4S. The van der Waals surface area contributed by atoms with E-state index in [-0.39, 0.29) is 16.7 Å². The van der Waals surface area contributed by atoms with Gasteiger partial charge in [-0.15, -0.1) is 0 Å². The first-order valence-corrected chi connectivity index (χ1v) is 9.47. The monoisotopic (exact) mass is 411 g/mol. The predicted molar refractivity (Wildman–Crippen MR) is 113 cm³/mol. The minimum absolute atomic E-state index is 0.0269. The van der Waals surface area contributed by atoms with E-state index in [9.17, 15) is 14.4 Å². The van der Waals surface area contributed by atoms with Gasteiger partial charge in [0.25, 0.3) is 11.8 Å². The van der Waals surface area contributed by atoms with Crippen LogP contribution in [0.1, 0.15) is 34.2 Å². The van der Waals surface area contributed by atoms with Crippen molar-refractivity contribution >= 4 is 41.2 Å². The minimum Gasteiger partial charge on any atom is -0.462 e. The topological polar surface area (TPSA) is 80.6 Å². The first kappa shape index (κ1) is 20.5. The Kier molecular flexibility index (Phi) is 5.65. The Morgan fingerprint density at radius 2 is 1.86 bits per heavy atom. The molecule has 1 N–H and O–H groups in total. The van der Waals surface area contributed by atoms with Crippen LogP contribution >= 0.6 is 12.2 Å². The average Bonchev–Trinajstić information content (AvgIpc) is 2.97. The van der Waals surface area contributed by atoms with Crippen LogP contribution in [0.5, 0.6) is 0 Å². The fourth-order valence-corrected chi connectivity index (χ4v) is 3.37. The van der Waals surface area contributed by atoms with E-state index >= 15 is 0 Å². The van der Waals surface area contributed by atoms with Crippen molar-refractivity contribution in [2.24, 2.45) is 0 Å². The summed E-state index contributed by atoms with van der Waals surface area (Å²) in [5, 5.41) is 2.60. The molecule has 29 heavy (non-hydrogen) atoms. The van der Waals surface area contributed by atoms with Gasteiger partial charge in [-0.05, 0) is 75.0 Å². The van der Waals surface area contributed by atoms with Crippen LogP contribution in [0.3, 0.4) is 0 Å². The van der Waals surface area contributed by atoms with E-state index in [2.05, 4.69) is 5.32 Å². The van der Waals surface area contributed by atoms with Crippen LogP contribution in [-0.4, -0.2) is 46.0 Å². The lowest BCUT2D eigenvalue weighted by Crippen LogP contribution is -2.52. The lowest BCUT2D eigenvalue weighted by Gasteiger charge is -2.25. The van der Waals surface area contributed by atoms with Crippen molar-refractivity contribution in [3.05, 3.63) is 58.4 Å². The molecule has 1 fully saturated rings. The maximum Gasteiger partial charge on any atom is 0.338 e. The highest BCUT2D eigenvalue weighted by molar-refractivity contribution is 7.80. The molecule has 0 bridgehead atoms. The van der Waals surface area contributed by atoms with Crippen LogP contribution < -0.4 is 5.32 Å². The van der Waals surface area contributed by atoms with Gasteiger partial charge in [-0.2, -0.15) is 0 Å².